The van der Waals surface area contributed by atoms with Crippen LogP contribution in [0.5, 0.6) is 0 Å². The molecular weight excluding hydrogens is 483 g/mol. The Kier molecular flexibility index (Phi) is 9.70. The number of pyridine rings is 1. The lowest BCUT2D eigenvalue weighted by molar-refractivity contribution is -0.120. The largest absolute Gasteiger partial charge is 0.354 e. The van der Waals surface area contributed by atoms with Gasteiger partial charge in [0.2, 0.25) is 10.0 Å². The fourth-order valence-corrected chi connectivity index (χ4v) is 5.60. The molecule has 0 amide bonds. The molecule has 2 aliphatic rings. The predicted molar refractivity (Wildman–Crippen MR) is 136 cm³/mol. The number of halogens is 2. The Morgan fingerprint density at radius 2 is 1.39 bits per heavy atom. The molecule has 0 bridgehead atoms. The monoisotopic (exact) mass is 514 g/mol. The zero-order valence-corrected chi connectivity index (χ0v) is 21.5. The van der Waals surface area contributed by atoms with Crippen LogP contribution in [0.25, 0.3) is 11.1 Å². The minimum absolute atomic E-state index is 0. The molecule has 0 unspecified atom stereocenters. The van der Waals surface area contributed by atoms with Crippen LogP contribution in [0.4, 0.5) is 5.82 Å². The van der Waals surface area contributed by atoms with Gasteiger partial charge in [0.25, 0.3) is 0 Å². The first-order valence-electron chi connectivity index (χ1n) is 10.9. The highest BCUT2D eigenvalue weighted by atomic mass is 35.5. The number of rotatable bonds is 5. The lowest BCUT2D eigenvalue weighted by Crippen LogP contribution is -2.49. The van der Waals surface area contributed by atoms with E-state index < -0.39 is 10.0 Å². The average Bonchev–Trinajstić information content (AvgIpc) is 2.80. The van der Waals surface area contributed by atoms with Crippen molar-refractivity contribution >= 4 is 46.4 Å². The number of ketones is 1. The molecule has 1 aromatic heterocycles. The Morgan fingerprint density at radius 1 is 0.818 bits per heavy atom. The molecule has 0 aliphatic carbocycles. The third kappa shape index (κ3) is 6.25. The standard InChI is InChI=1S/C23H30N4O3S.2ClH/c1-18(2)25-13-15-26(16-14-25)23-8-5-20(17-24-23)19-3-6-22(7-4-19)31(29,30)27-11-9-21(28)10-12-27;;/h3-8,17-18H,9-16H2,1-2H3;2*1H. The molecule has 2 aromatic rings. The second-order valence-corrected chi connectivity index (χ2v) is 10.4. The van der Waals surface area contributed by atoms with Crippen molar-refractivity contribution in [2.75, 3.05) is 44.2 Å². The molecule has 3 heterocycles. The number of hydrogen-bond acceptors (Lipinski definition) is 6. The normalized spacial score (nSPS) is 18.0. The van der Waals surface area contributed by atoms with Crippen LogP contribution in [0.2, 0.25) is 0 Å². The molecule has 10 heteroatoms. The quantitative estimate of drug-likeness (QED) is 0.607. The summed E-state index contributed by atoms with van der Waals surface area (Å²) in [6.45, 7) is 9.02. The highest BCUT2D eigenvalue weighted by Gasteiger charge is 2.28. The first kappa shape index (κ1) is 27.5. The Hall–Kier alpha value is -1.71. The van der Waals surface area contributed by atoms with Crippen LogP contribution in [-0.4, -0.2) is 73.7 Å². The summed E-state index contributed by atoms with van der Waals surface area (Å²) in [6.07, 6.45) is 2.44. The van der Waals surface area contributed by atoms with E-state index in [1.165, 1.54) is 4.31 Å². The predicted octanol–water partition coefficient (Wildman–Crippen LogP) is 3.48. The zero-order valence-electron chi connectivity index (χ0n) is 19.0. The minimum atomic E-state index is -3.56. The molecule has 2 fully saturated rings. The molecule has 33 heavy (non-hydrogen) atoms. The number of aromatic nitrogens is 1. The summed E-state index contributed by atoms with van der Waals surface area (Å²) in [7, 11) is -3.56. The van der Waals surface area contributed by atoms with E-state index in [1.54, 1.807) is 12.1 Å². The van der Waals surface area contributed by atoms with Crippen molar-refractivity contribution in [2.24, 2.45) is 0 Å². The number of carbonyl (C=O) groups excluding carboxylic acids is 1. The number of Topliss-reactive ketones (excluding diaryl/α,β-unsaturated/α-hetero) is 1. The van der Waals surface area contributed by atoms with Gasteiger partial charge < -0.3 is 4.90 Å². The second-order valence-electron chi connectivity index (χ2n) is 8.49. The van der Waals surface area contributed by atoms with E-state index in [9.17, 15) is 13.2 Å². The molecule has 0 N–H and O–H groups in total. The van der Waals surface area contributed by atoms with Gasteiger partial charge in [-0.1, -0.05) is 12.1 Å². The number of carbonyl (C=O) groups is 1. The molecule has 0 saturated carbocycles. The zero-order chi connectivity index (χ0) is 22.0. The van der Waals surface area contributed by atoms with Gasteiger partial charge in [-0.25, -0.2) is 13.4 Å². The molecular formula is C23H32Cl2N4O3S. The van der Waals surface area contributed by atoms with Crippen molar-refractivity contribution in [3.63, 3.8) is 0 Å². The van der Waals surface area contributed by atoms with Gasteiger partial charge in [-0.2, -0.15) is 4.31 Å². The van der Waals surface area contributed by atoms with E-state index >= 15 is 0 Å². The smallest absolute Gasteiger partial charge is 0.243 e. The van der Waals surface area contributed by atoms with Gasteiger partial charge in [-0.15, -0.1) is 24.8 Å². The maximum Gasteiger partial charge on any atom is 0.243 e. The number of benzene rings is 1. The van der Waals surface area contributed by atoms with Crippen molar-refractivity contribution in [2.45, 2.75) is 37.6 Å². The van der Waals surface area contributed by atoms with Gasteiger partial charge in [0.15, 0.2) is 0 Å². The van der Waals surface area contributed by atoms with E-state index in [0.717, 1.165) is 43.1 Å². The number of anilines is 1. The fourth-order valence-electron chi connectivity index (χ4n) is 4.16. The van der Waals surface area contributed by atoms with Crippen LogP contribution in [0.1, 0.15) is 26.7 Å². The van der Waals surface area contributed by atoms with E-state index in [2.05, 4.69) is 28.6 Å². The maximum atomic E-state index is 12.8. The van der Waals surface area contributed by atoms with Crippen molar-refractivity contribution in [3.05, 3.63) is 42.6 Å². The summed E-state index contributed by atoms with van der Waals surface area (Å²) in [5.74, 6) is 1.10. The van der Waals surface area contributed by atoms with Crippen LogP contribution >= 0.6 is 24.8 Å². The van der Waals surface area contributed by atoms with Crippen LogP contribution in [0, 0.1) is 0 Å². The Bertz CT molecular complexity index is 1010. The molecule has 182 valence electrons. The van der Waals surface area contributed by atoms with Gasteiger partial charge in [-0.3, -0.25) is 9.69 Å². The molecule has 0 radical (unpaired) electrons. The molecule has 2 saturated heterocycles. The van der Waals surface area contributed by atoms with Crippen molar-refractivity contribution in [1.82, 2.24) is 14.2 Å². The third-order valence-corrected chi connectivity index (χ3v) is 8.13. The van der Waals surface area contributed by atoms with Gasteiger partial charge in [0, 0.05) is 69.9 Å². The Balaban J connectivity index is 0.00000193. The van der Waals surface area contributed by atoms with Gasteiger partial charge in [0.05, 0.1) is 4.90 Å². The van der Waals surface area contributed by atoms with Crippen LogP contribution < -0.4 is 4.90 Å². The summed E-state index contributed by atoms with van der Waals surface area (Å²) in [5, 5.41) is 0. The van der Waals surface area contributed by atoms with E-state index in [0.29, 0.717) is 18.9 Å². The average molecular weight is 516 g/mol. The first-order valence-corrected chi connectivity index (χ1v) is 12.4. The highest BCUT2D eigenvalue weighted by molar-refractivity contribution is 7.89. The summed E-state index contributed by atoms with van der Waals surface area (Å²) in [6, 6.07) is 11.6. The lowest BCUT2D eigenvalue weighted by Gasteiger charge is -2.37. The molecule has 0 spiro atoms. The topological polar surface area (TPSA) is 73.8 Å². The second kappa shape index (κ2) is 11.6. The van der Waals surface area contributed by atoms with Crippen LogP contribution in [0.15, 0.2) is 47.5 Å². The minimum Gasteiger partial charge on any atom is -0.354 e. The molecule has 7 nitrogen and oxygen atoms in total. The van der Waals surface area contributed by atoms with E-state index in [4.69, 9.17) is 0 Å². The summed E-state index contributed by atoms with van der Waals surface area (Å²) >= 11 is 0. The van der Waals surface area contributed by atoms with Crippen molar-refractivity contribution in [1.29, 1.82) is 0 Å². The summed E-state index contributed by atoms with van der Waals surface area (Å²) in [4.78, 5) is 21.1. The first-order chi connectivity index (χ1) is 14.8. The van der Waals surface area contributed by atoms with Gasteiger partial charge in [0.1, 0.15) is 11.6 Å². The van der Waals surface area contributed by atoms with Gasteiger partial charge in [-0.05, 0) is 43.7 Å². The SMILES string of the molecule is CC(C)N1CCN(c2ccc(-c3ccc(S(=O)(=O)N4CCC(=O)CC4)cc3)cn2)CC1.Cl.Cl. The number of sulfonamides is 1. The molecule has 1 aromatic carbocycles. The number of nitrogens with zero attached hydrogens (tertiary/aromatic N) is 4. The molecule has 4 rings (SSSR count). The number of piperazine rings is 1. The van der Waals surface area contributed by atoms with Gasteiger partial charge >= 0.3 is 0 Å². The fraction of sp³-hybridized carbons (Fsp3) is 0.478. The molecule has 2 aliphatic heterocycles. The van der Waals surface area contributed by atoms with Crippen molar-refractivity contribution < 1.29 is 13.2 Å². The van der Waals surface area contributed by atoms with Crippen molar-refractivity contribution in [3.8, 4) is 11.1 Å². The third-order valence-electron chi connectivity index (χ3n) is 6.22. The van der Waals surface area contributed by atoms with Crippen LogP contribution in [0.3, 0.4) is 0 Å². The molecule has 0 atom stereocenters. The summed E-state index contributed by atoms with van der Waals surface area (Å²) < 4.78 is 27.0. The van der Waals surface area contributed by atoms with Crippen LogP contribution in [-0.2, 0) is 14.8 Å². The Labute approximate surface area is 209 Å². The lowest BCUT2D eigenvalue weighted by atomic mass is 10.1. The van der Waals surface area contributed by atoms with E-state index in [1.807, 2.05) is 30.5 Å². The number of hydrogen-bond donors (Lipinski definition) is 0. The highest BCUT2D eigenvalue weighted by Crippen LogP contribution is 2.25. The Morgan fingerprint density at radius 3 is 1.91 bits per heavy atom. The maximum absolute atomic E-state index is 12.8. The van der Waals surface area contributed by atoms with E-state index in [-0.39, 0.29) is 48.6 Å². The number of piperidine rings is 1. The summed E-state index contributed by atoms with van der Waals surface area (Å²) in [5.41, 5.74) is 1.88.